The summed E-state index contributed by atoms with van der Waals surface area (Å²) < 4.78 is 10.8. The van der Waals surface area contributed by atoms with Crippen LogP contribution in [0.2, 0.25) is 0 Å². The highest BCUT2D eigenvalue weighted by Crippen LogP contribution is 2.44. The van der Waals surface area contributed by atoms with E-state index in [9.17, 15) is 4.79 Å². The van der Waals surface area contributed by atoms with Gasteiger partial charge in [0.25, 0.3) is 0 Å². The molecule has 0 amide bonds. The van der Waals surface area contributed by atoms with Crippen LogP contribution in [0.3, 0.4) is 0 Å². The summed E-state index contributed by atoms with van der Waals surface area (Å²) in [6.07, 6.45) is 7.27. The maximum Gasteiger partial charge on any atom is 0.313 e. The van der Waals surface area contributed by atoms with Crippen LogP contribution in [0.4, 0.5) is 0 Å². The molecule has 0 saturated carbocycles. The van der Waals surface area contributed by atoms with Crippen LogP contribution in [-0.4, -0.2) is 53.5 Å². The van der Waals surface area contributed by atoms with Crippen molar-refractivity contribution in [2.45, 2.75) is 32.9 Å². The normalized spacial score (nSPS) is 26.6. The van der Waals surface area contributed by atoms with E-state index in [-0.39, 0.29) is 11.9 Å². The molecule has 0 aliphatic carbocycles. The topological polar surface area (TPSA) is 58.8 Å². The van der Waals surface area contributed by atoms with Gasteiger partial charge in [-0.2, -0.15) is 0 Å². The van der Waals surface area contributed by atoms with Crippen molar-refractivity contribution < 1.29 is 13.9 Å². The number of thiazole rings is 1. The fourth-order valence-corrected chi connectivity index (χ4v) is 5.31. The zero-order chi connectivity index (χ0) is 18.7. The van der Waals surface area contributed by atoms with Gasteiger partial charge < -0.3 is 9.15 Å². The molecule has 2 fully saturated rings. The van der Waals surface area contributed by atoms with Crippen LogP contribution >= 0.6 is 11.3 Å². The van der Waals surface area contributed by atoms with Gasteiger partial charge in [-0.3, -0.25) is 14.6 Å². The molecule has 2 aliphatic heterocycles. The van der Waals surface area contributed by atoms with Crippen molar-refractivity contribution in [2.24, 2.45) is 11.3 Å². The van der Waals surface area contributed by atoms with E-state index in [1.165, 1.54) is 0 Å². The number of carbonyl (C=O) groups is 1. The number of aromatic nitrogens is 1. The summed E-state index contributed by atoms with van der Waals surface area (Å²) in [4.78, 5) is 22.3. The Balaban J connectivity index is 1.52. The quantitative estimate of drug-likeness (QED) is 0.708. The van der Waals surface area contributed by atoms with E-state index in [0.717, 1.165) is 62.7 Å². The van der Waals surface area contributed by atoms with Crippen LogP contribution in [0, 0.1) is 11.3 Å². The summed E-state index contributed by atoms with van der Waals surface area (Å²) in [6.45, 7) is 7.64. The van der Waals surface area contributed by atoms with E-state index in [2.05, 4.69) is 14.8 Å². The second-order valence-electron chi connectivity index (χ2n) is 7.64. The van der Waals surface area contributed by atoms with E-state index < -0.39 is 5.41 Å². The molecule has 2 saturated heterocycles. The number of nitrogens with zero attached hydrogens (tertiary/aromatic N) is 3. The highest BCUT2D eigenvalue weighted by Gasteiger charge is 2.53. The molecule has 0 spiro atoms. The van der Waals surface area contributed by atoms with Gasteiger partial charge in [-0.15, -0.1) is 11.3 Å². The van der Waals surface area contributed by atoms with Crippen LogP contribution in [0.1, 0.15) is 30.3 Å². The number of rotatable bonds is 6. The Kier molecular flexibility index (Phi) is 5.61. The lowest BCUT2D eigenvalue weighted by Crippen LogP contribution is -2.42. The first-order valence-electron chi connectivity index (χ1n) is 9.71. The second-order valence-corrected chi connectivity index (χ2v) is 8.62. The number of fused-ring (bicyclic) bond motifs is 1. The highest BCUT2D eigenvalue weighted by molar-refractivity contribution is 7.09. The summed E-state index contributed by atoms with van der Waals surface area (Å²) in [5.74, 6) is 0.270. The number of carbonyl (C=O) groups excluding carboxylic acids is 1. The second kappa shape index (κ2) is 8.12. The van der Waals surface area contributed by atoms with Crippen molar-refractivity contribution in [1.82, 2.24) is 14.8 Å². The minimum atomic E-state index is -0.391. The Morgan fingerprint density at radius 2 is 2.30 bits per heavy atom. The predicted octanol–water partition coefficient (Wildman–Crippen LogP) is 3.01. The third-order valence-corrected chi connectivity index (χ3v) is 6.62. The number of hydrogen-bond acceptors (Lipinski definition) is 7. The Labute approximate surface area is 164 Å². The fraction of sp³-hybridized carbons (Fsp3) is 0.600. The standard InChI is InChI=1S/C20H27N3O3S/c1-2-26-19(24)20-5-3-7-22(13-18-21-6-9-27-18)11-17(20)12-23(15-20)10-16-4-8-25-14-16/h4,6,8-9,14,17H,2-3,5,7,10-13,15H2,1H3/t17-,20-/m1/s1. The predicted molar refractivity (Wildman–Crippen MR) is 103 cm³/mol. The summed E-state index contributed by atoms with van der Waals surface area (Å²) in [5.41, 5.74) is 0.766. The van der Waals surface area contributed by atoms with E-state index in [4.69, 9.17) is 9.15 Å². The van der Waals surface area contributed by atoms with E-state index in [1.807, 2.05) is 24.6 Å². The Morgan fingerprint density at radius 1 is 1.41 bits per heavy atom. The smallest absolute Gasteiger partial charge is 0.313 e. The van der Waals surface area contributed by atoms with Gasteiger partial charge in [0.2, 0.25) is 0 Å². The van der Waals surface area contributed by atoms with Crippen LogP contribution in [0.15, 0.2) is 34.6 Å². The van der Waals surface area contributed by atoms with Crippen molar-refractivity contribution >= 4 is 17.3 Å². The maximum absolute atomic E-state index is 13.0. The van der Waals surface area contributed by atoms with Gasteiger partial charge in [-0.25, -0.2) is 4.98 Å². The summed E-state index contributed by atoms with van der Waals surface area (Å²) in [7, 11) is 0. The Bertz CT molecular complexity index is 734. The number of esters is 1. The van der Waals surface area contributed by atoms with Crippen molar-refractivity contribution in [1.29, 1.82) is 0 Å². The summed E-state index contributed by atoms with van der Waals surface area (Å²) >= 11 is 1.70. The molecule has 2 aliphatic rings. The molecule has 4 rings (SSSR count). The zero-order valence-corrected chi connectivity index (χ0v) is 16.6. The molecule has 0 N–H and O–H groups in total. The average molecular weight is 390 g/mol. The first-order valence-corrected chi connectivity index (χ1v) is 10.6. The molecule has 2 aromatic heterocycles. The Morgan fingerprint density at radius 3 is 3.04 bits per heavy atom. The number of likely N-dealkylation sites (tertiary alicyclic amines) is 2. The molecule has 4 heterocycles. The first kappa shape index (κ1) is 18.7. The average Bonchev–Trinajstić information content (AvgIpc) is 3.37. The van der Waals surface area contributed by atoms with Crippen LogP contribution in [0.5, 0.6) is 0 Å². The van der Waals surface area contributed by atoms with Gasteiger partial charge in [0, 0.05) is 49.2 Å². The minimum absolute atomic E-state index is 0.0132. The van der Waals surface area contributed by atoms with Crippen molar-refractivity contribution in [2.75, 3.05) is 32.8 Å². The SMILES string of the molecule is CCOC(=O)[C@@]12CCCN(Cc3nccs3)C[C@@H]1CN(Cc1ccoc1)C2. The lowest BCUT2D eigenvalue weighted by atomic mass is 9.75. The number of hydrogen-bond donors (Lipinski definition) is 0. The molecule has 7 heteroatoms. The molecule has 0 bridgehead atoms. The summed E-state index contributed by atoms with van der Waals surface area (Å²) in [6, 6.07) is 2.00. The van der Waals surface area contributed by atoms with Gasteiger partial charge in [0.1, 0.15) is 5.01 Å². The molecule has 2 atom stereocenters. The van der Waals surface area contributed by atoms with Crippen LogP contribution in [0.25, 0.3) is 0 Å². The Hall–Kier alpha value is -1.70. The largest absolute Gasteiger partial charge is 0.472 e. The lowest BCUT2D eigenvalue weighted by molar-refractivity contribution is -0.157. The zero-order valence-electron chi connectivity index (χ0n) is 15.8. The third kappa shape index (κ3) is 3.95. The molecule has 6 nitrogen and oxygen atoms in total. The maximum atomic E-state index is 13.0. The van der Waals surface area contributed by atoms with E-state index >= 15 is 0 Å². The molecule has 0 unspecified atom stereocenters. The monoisotopic (exact) mass is 389 g/mol. The molecule has 146 valence electrons. The lowest BCUT2D eigenvalue weighted by Gasteiger charge is -2.31. The van der Waals surface area contributed by atoms with E-state index in [0.29, 0.717) is 6.61 Å². The van der Waals surface area contributed by atoms with Crippen molar-refractivity contribution in [3.05, 3.63) is 40.7 Å². The van der Waals surface area contributed by atoms with Gasteiger partial charge >= 0.3 is 5.97 Å². The van der Waals surface area contributed by atoms with Crippen LogP contribution in [-0.2, 0) is 22.6 Å². The van der Waals surface area contributed by atoms with Crippen molar-refractivity contribution in [3.8, 4) is 0 Å². The molecular formula is C20H27N3O3S. The molecule has 27 heavy (non-hydrogen) atoms. The fourth-order valence-electron chi connectivity index (χ4n) is 4.65. The first-order chi connectivity index (χ1) is 13.2. The molecule has 0 aromatic carbocycles. The van der Waals surface area contributed by atoms with Crippen LogP contribution < -0.4 is 0 Å². The van der Waals surface area contributed by atoms with Gasteiger partial charge in [-0.05, 0) is 32.4 Å². The number of ether oxygens (including phenoxy) is 1. The van der Waals surface area contributed by atoms with Gasteiger partial charge in [0.05, 0.1) is 31.1 Å². The molecule has 2 aromatic rings. The molecule has 0 radical (unpaired) electrons. The number of furan rings is 1. The van der Waals surface area contributed by atoms with E-state index in [1.54, 1.807) is 23.9 Å². The van der Waals surface area contributed by atoms with Crippen molar-refractivity contribution in [3.63, 3.8) is 0 Å². The highest BCUT2D eigenvalue weighted by atomic mass is 32.1. The summed E-state index contributed by atoms with van der Waals surface area (Å²) in [5, 5.41) is 3.17. The molecular weight excluding hydrogens is 362 g/mol. The minimum Gasteiger partial charge on any atom is -0.472 e. The van der Waals surface area contributed by atoms with Gasteiger partial charge in [-0.1, -0.05) is 0 Å². The van der Waals surface area contributed by atoms with Gasteiger partial charge in [0.15, 0.2) is 0 Å². The third-order valence-electron chi connectivity index (χ3n) is 5.85.